The first-order chi connectivity index (χ1) is 15.5. The minimum Gasteiger partial charge on any atom is -0.451 e. The molecule has 1 amide bonds. The zero-order valence-electron chi connectivity index (χ0n) is 18.2. The van der Waals surface area contributed by atoms with Gasteiger partial charge in [0.2, 0.25) is 0 Å². The van der Waals surface area contributed by atoms with Crippen LogP contribution < -0.4 is 5.43 Å². The molecule has 32 heavy (non-hydrogen) atoms. The lowest BCUT2D eigenvalue weighted by molar-refractivity contribution is 0.0929. The van der Waals surface area contributed by atoms with E-state index in [1.807, 2.05) is 49.4 Å². The van der Waals surface area contributed by atoms with Crippen LogP contribution in [0.4, 0.5) is 0 Å². The molecular weight excluding hydrogens is 398 g/mol. The highest BCUT2D eigenvalue weighted by Gasteiger charge is 2.14. The van der Waals surface area contributed by atoms with Gasteiger partial charge >= 0.3 is 5.91 Å². The molecule has 0 aliphatic heterocycles. The van der Waals surface area contributed by atoms with E-state index in [0.29, 0.717) is 5.58 Å². The molecule has 5 aromatic rings. The van der Waals surface area contributed by atoms with Gasteiger partial charge < -0.3 is 8.98 Å². The lowest BCUT2D eigenvalue weighted by atomic mass is 10.1. The largest absolute Gasteiger partial charge is 0.451 e. The summed E-state index contributed by atoms with van der Waals surface area (Å²) < 4.78 is 7.95. The Morgan fingerprint density at radius 1 is 0.938 bits per heavy atom. The summed E-state index contributed by atoms with van der Waals surface area (Å²) in [6.07, 6.45) is 1.67. The molecule has 0 saturated carbocycles. The van der Waals surface area contributed by atoms with Gasteiger partial charge in [-0.05, 0) is 67.4 Å². The van der Waals surface area contributed by atoms with Crippen molar-refractivity contribution in [1.82, 2.24) is 9.99 Å². The van der Waals surface area contributed by atoms with Gasteiger partial charge in [-0.25, -0.2) is 5.43 Å². The average Bonchev–Trinajstić information content (AvgIpc) is 3.35. The number of carbonyl (C=O) groups is 1. The molecule has 0 aliphatic rings. The maximum absolute atomic E-state index is 12.6. The minimum absolute atomic E-state index is 0.235. The summed E-state index contributed by atoms with van der Waals surface area (Å²) in [6, 6.07) is 24.1. The second kappa shape index (κ2) is 7.85. The number of aromatic nitrogens is 1. The fourth-order valence-corrected chi connectivity index (χ4v) is 4.20. The maximum atomic E-state index is 12.6. The van der Waals surface area contributed by atoms with Crippen molar-refractivity contribution in [3.8, 4) is 5.69 Å². The lowest BCUT2D eigenvalue weighted by Gasteiger charge is -2.10. The number of rotatable bonds is 4. The Bertz CT molecular complexity index is 1500. The van der Waals surface area contributed by atoms with E-state index in [0.717, 1.165) is 38.8 Å². The zero-order chi connectivity index (χ0) is 22.2. The van der Waals surface area contributed by atoms with Crippen LogP contribution in [0.15, 0.2) is 82.3 Å². The van der Waals surface area contributed by atoms with Crippen LogP contribution in [0.5, 0.6) is 0 Å². The summed E-state index contributed by atoms with van der Waals surface area (Å²) in [4.78, 5) is 12.6. The third-order valence-electron chi connectivity index (χ3n) is 5.75. The van der Waals surface area contributed by atoms with Crippen molar-refractivity contribution in [3.05, 3.63) is 101 Å². The van der Waals surface area contributed by atoms with E-state index in [9.17, 15) is 4.79 Å². The number of nitrogens with one attached hydrogen (secondary N) is 1. The third-order valence-corrected chi connectivity index (χ3v) is 5.75. The number of hydrogen-bond acceptors (Lipinski definition) is 3. The SMILES string of the molecule is Cc1cccc(-n2c(C)cc(/C=N/NC(=O)c3cc4c(ccc5ccccc54)o3)c2C)c1. The van der Waals surface area contributed by atoms with E-state index >= 15 is 0 Å². The van der Waals surface area contributed by atoms with Crippen molar-refractivity contribution in [2.75, 3.05) is 0 Å². The van der Waals surface area contributed by atoms with Gasteiger partial charge in [-0.3, -0.25) is 4.79 Å². The van der Waals surface area contributed by atoms with Gasteiger partial charge in [0.15, 0.2) is 5.76 Å². The highest BCUT2D eigenvalue weighted by Crippen LogP contribution is 2.28. The van der Waals surface area contributed by atoms with E-state index in [2.05, 4.69) is 53.2 Å². The first-order valence-electron chi connectivity index (χ1n) is 10.5. The number of hydrazone groups is 1. The van der Waals surface area contributed by atoms with Crippen LogP contribution in [0.25, 0.3) is 27.4 Å². The van der Waals surface area contributed by atoms with Gasteiger partial charge in [-0.15, -0.1) is 0 Å². The van der Waals surface area contributed by atoms with Crippen LogP contribution >= 0.6 is 0 Å². The van der Waals surface area contributed by atoms with Crippen LogP contribution in [0.2, 0.25) is 0 Å². The van der Waals surface area contributed by atoms with E-state index in [1.165, 1.54) is 5.56 Å². The van der Waals surface area contributed by atoms with Gasteiger partial charge in [-0.1, -0.05) is 42.5 Å². The predicted molar refractivity (Wildman–Crippen MR) is 129 cm³/mol. The Labute approximate surface area is 186 Å². The van der Waals surface area contributed by atoms with Crippen molar-refractivity contribution in [1.29, 1.82) is 0 Å². The van der Waals surface area contributed by atoms with E-state index in [-0.39, 0.29) is 11.7 Å². The second-order valence-electron chi connectivity index (χ2n) is 8.01. The summed E-state index contributed by atoms with van der Waals surface area (Å²) >= 11 is 0. The van der Waals surface area contributed by atoms with Gasteiger partial charge in [0.05, 0.1) is 6.21 Å². The van der Waals surface area contributed by atoms with E-state index < -0.39 is 0 Å². The number of fused-ring (bicyclic) bond motifs is 3. The van der Waals surface area contributed by atoms with E-state index in [1.54, 1.807) is 12.3 Å². The third kappa shape index (κ3) is 3.48. The lowest BCUT2D eigenvalue weighted by Crippen LogP contribution is -2.16. The molecule has 0 saturated heterocycles. The highest BCUT2D eigenvalue weighted by atomic mass is 16.3. The Kier molecular flexibility index (Phi) is 4.86. The molecule has 0 radical (unpaired) electrons. The molecule has 0 bridgehead atoms. The smallest absolute Gasteiger partial charge is 0.307 e. The van der Waals surface area contributed by atoms with Gasteiger partial charge in [0.1, 0.15) is 5.58 Å². The fraction of sp³-hybridized carbons (Fsp3) is 0.111. The van der Waals surface area contributed by atoms with Crippen LogP contribution in [-0.4, -0.2) is 16.7 Å². The molecule has 2 heterocycles. The van der Waals surface area contributed by atoms with Crippen LogP contribution in [0.3, 0.4) is 0 Å². The Morgan fingerprint density at radius 3 is 2.62 bits per heavy atom. The first-order valence-corrected chi connectivity index (χ1v) is 10.5. The molecule has 0 atom stereocenters. The fourth-order valence-electron chi connectivity index (χ4n) is 4.20. The second-order valence-corrected chi connectivity index (χ2v) is 8.01. The molecular formula is C27H23N3O2. The number of hydrogen-bond donors (Lipinski definition) is 1. The summed E-state index contributed by atoms with van der Waals surface area (Å²) in [5.74, 6) is -0.146. The summed E-state index contributed by atoms with van der Waals surface area (Å²) in [5, 5.41) is 7.26. The monoisotopic (exact) mass is 421 g/mol. The molecule has 0 spiro atoms. The topological polar surface area (TPSA) is 59.5 Å². The zero-order valence-corrected chi connectivity index (χ0v) is 18.2. The molecule has 3 aromatic carbocycles. The maximum Gasteiger partial charge on any atom is 0.307 e. The first kappa shape index (κ1) is 19.8. The number of benzene rings is 3. The molecule has 0 aliphatic carbocycles. The Hall–Kier alpha value is -4.12. The van der Waals surface area contributed by atoms with Crippen molar-refractivity contribution in [2.45, 2.75) is 20.8 Å². The van der Waals surface area contributed by atoms with Crippen molar-refractivity contribution in [3.63, 3.8) is 0 Å². The summed E-state index contributed by atoms with van der Waals surface area (Å²) in [6.45, 7) is 6.18. The van der Waals surface area contributed by atoms with E-state index in [4.69, 9.17) is 4.42 Å². The highest BCUT2D eigenvalue weighted by molar-refractivity contribution is 6.08. The van der Waals surface area contributed by atoms with Crippen molar-refractivity contribution in [2.24, 2.45) is 5.10 Å². The molecule has 0 unspecified atom stereocenters. The standard InChI is InChI=1S/C27H23N3O2/c1-17-7-6-9-22(13-17)30-18(2)14-21(19(30)3)16-28-29-27(31)26-15-24-23-10-5-4-8-20(23)11-12-25(24)32-26/h4-16H,1-3H3,(H,29,31)/b28-16+. The molecule has 2 aromatic heterocycles. The molecule has 0 fully saturated rings. The normalized spacial score (nSPS) is 11.6. The molecule has 158 valence electrons. The molecule has 1 N–H and O–H groups in total. The number of amides is 1. The van der Waals surface area contributed by atoms with Crippen LogP contribution in [0.1, 0.15) is 33.1 Å². The number of carbonyl (C=O) groups excluding carboxylic acids is 1. The molecule has 5 heteroatoms. The number of aryl methyl sites for hydroxylation is 2. The van der Waals surface area contributed by atoms with Gasteiger partial charge in [-0.2, -0.15) is 5.10 Å². The quantitative estimate of drug-likeness (QED) is 0.283. The molecule has 5 nitrogen and oxygen atoms in total. The summed E-state index contributed by atoms with van der Waals surface area (Å²) in [5.41, 5.74) is 8.69. The Morgan fingerprint density at radius 2 is 1.78 bits per heavy atom. The Balaban J connectivity index is 1.38. The number of furan rings is 1. The van der Waals surface area contributed by atoms with Crippen molar-refractivity contribution < 1.29 is 9.21 Å². The average molecular weight is 422 g/mol. The minimum atomic E-state index is -0.381. The van der Waals surface area contributed by atoms with Gasteiger partial charge in [0.25, 0.3) is 0 Å². The summed E-state index contributed by atoms with van der Waals surface area (Å²) in [7, 11) is 0. The van der Waals surface area contributed by atoms with Crippen LogP contribution in [-0.2, 0) is 0 Å². The predicted octanol–water partition coefficient (Wildman–Crippen LogP) is 6.07. The van der Waals surface area contributed by atoms with Crippen molar-refractivity contribution >= 4 is 33.9 Å². The van der Waals surface area contributed by atoms with Gasteiger partial charge in [0, 0.05) is 28.0 Å². The number of nitrogens with zero attached hydrogens (tertiary/aromatic N) is 2. The molecule has 5 rings (SSSR count). The van der Waals surface area contributed by atoms with Crippen LogP contribution in [0, 0.1) is 20.8 Å².